The van der Waals surface area contributed by atoms with E-state index in [1.807, 2.05) is 22.9 Å². The number of hydrogen-bond donors (Lipinski definition) is 1. The third kappa shape index (κ3) is 4.34. The van der Waals surface area contributed by atoms with Crippen LogP contribution in [0.4, 0.5) is 0 Å². The lowest BCUT2D eigenvalue weighted by molar-refractivity contribution is -0.135. The van der Waals surface area contributed by atoms with Crippen molar-refractivity contribution in [3.8, 4) is 0 Å². The van der Waals surface area contributed by atoms with Crippen molar-refractivity contribution < 1.29 is 9.59 Å². The molecule has 146 valence electrons. The van der Waals surface area contributed by atoms with Gasteiger partial charge in [0.25, 0.3) is 0 Å². The quantitative estimate of drug-likeness (QED) is 0.774. The first-order valence-corrected chi connectivity index (χ1v) is 10.2. The summed E-state index contributed by atoms with van der Waals surface area (Å²) < 4.78 is 0. The Kier molecular flexibility index (Phi) is 6.19. The minimum atomic E-state index is -0.181. The summed E-state index contributed by atoms with van der Waals surface area (Å²) in [4.78, 5) is 32.3. The van der Waals surface area contributed by atoms with Crippen molar-refractivity contribution in [2.24, 2.45) is 5.92 Å². The van der Waals surface area contributed by atoms with Crippen molar-refractivity contribution in [2.75, 3.05) is 26.2 Å². The normalized spacial score (nSPS) is 17.1. The van der Waals surface area contributed by atoms with Gasteiger partial charge in [-0.1, -0.05) is 25.0 Å². The summed E-state index contributed by atoms with van der Waals surface area (Å²) in [6, 6.07) is 6.38. The number of carbonyl (C=O) groups excluding carboxylic acids is 2. The number of likely N-dealkylation sites (tertiary alicyclic amines) is 1. The smallest absolute Gasteiger partial charge is 0.227 e. The number of hydrogen-bond acceptors (Lipinski definition) is 2. The molecule has 1 unspecified atom stereocenters. The first kappa shape index (κ1) is 19.5. The van der Waals surface area contributed by atoms with E-state index in [4.69, 9.17) is 0 Å². The highest BCUT2D eigenvalue weighted by Gasteiger charge is 2.35. The zero-order valence-electron chi connectivity index (χ0n) is 16.8. The SMILES string of the molecule is CCCCN(CC)C(=O)C1CC(=O)N(CCc2c[nH]c3ccc(C)cc23)C1. The van der Waals surface area contributed by atoms with Crippen LogP contribution in [-0.4, -0.2) is 52.8 Å². The fourth-order valence-corrected chi connectivity index (χ4v) is 3.94. The predicted molar refractivity (Wildman–Crippen MR) is 109 cm³/mol. The Morgan fingerprint density at radius 1 is 1.33 bits per heavy atom. The van der Waals surface area contributed by atoms with Gasteiger partial charge in [0.1, 0.15) is 0 Å². The Hall–Kier alpha value is -2.30. The molecule has 1 saturated heterocycles. The minimum Gasteiger partial charge on any atom is -0.361 e. The maximum atomic E-state index is 12.8. The van der Waals surface area contributed by atoms with Gasteiger partial charge in [-0.3, -0.25) is 9.59 Å². The van der Waals surface area contributed by atoms with E-state index >= 15 is 0 Å². The van der Waals surface area contributed by atoms with Crippen LogP contribution < -0.4 is 0 Å². The van der Waals surface area contributed by atoms with Crippen LogP contribution in [-0.2, 0) is 16.0 Å². The van der Waals surface area contributed by atoms with Crippen LogP contribution in [0.2, 0.25) is 0 Å². The summed E-state index contributed by atoms with van der Waals surface area (Å²) in [5.74, 6) is 0.0694. The summed E-state index contributed by atoms with van der Waals surface area (Å²) in [6.07, 6.45) is 5.29. The third-order valence-electron chi connectivity index (χ3n) is 5.61. The maximum Gasteiger partial charge on any atom is 0.227 e. The van der Waals surface area contributed by atoms with Gasteiger partial charge in [-0.2, -0.15) is 0 Å². The van der Waals surface area contributed by atoms with Gasteiger partial charge in [0.05, 0.1) is 5.92 Å². The zero-order valence-corrected chi connectivity index (χ0v) is 16.8. The molecular formula is C22H31N3O2. The average Bonchev–Trinajstić information content (AvgIpc) is 3.23. The number of aromatic nitrogens is 1. The second-order valence-corrected chi connectivity index (χ2v) is 7.63. The number of amides is 2. The molecule has 0 spiro atoms. The van der Waals surface area contributed by atoms with Crippen molar-refractivity contribution >= 4 is 22.7 Å². The third-order valence-corrected chi connectivity index (χ3v) is 5.61. The number of nitrogens with one attached hydrogen (secondary N) is 1. The molecule has 5 heteroatoms. The Labute approximate surface area is 161 Å². The molecule has 0 aliphatic carbocycles. The summed E-state index contributed by atoms with van der Waals surface area (Å²) in [7, 11) is 0. The molecule has 0 bridgehead atoms. The van der Waals surface area contributed by atoms with E-state index in [1.165, 1.54) is 16.5 Å². The number of carbonyl (C=O) groups is 2. The highest BCUT2D eigenvalue weighted by atomic mass is 16.2. The number of unbranched alkanes of at least 4 members (excludes halogenated alkanes) is 1. The molecule has 2 aromatic rings. The number of rotatable bonds is 8. The number of aromatic amines is 1. The van der Waals surface area contributed by atoms with Gasteiger partial charge in [0, 0.05) is 49.7 Å². The van der Waals surface area contributed by atoms with Crippen molar-refractivity contribution in [1.82, 2.24) is 14.8 Å². The lowest BCUT2D eigenvalue weighted by atomic mass is 10.1. The Balaban J connectivity index is 1.60. The highest BCUT2D eigenvalue weighted by molar-refractivity contribution is 5.89. The molecule has 1 aromatic carbocycles. The van der Waals surface area contributed by atoms with E-state index in [1.54, 1.807) is 0 Å². The topological polar surface area (TPSA) is 56.4 Å². The molecular weight excluding hydrogens is 338 g/mol. The Bertz CT molecular complexity index is 811. The zero-order chi connectivity index (χ0) is 19.4. The lowest BCUT2D eigenvalue weighted by Gasteiger charge is -2.24. The van der Waals surface area contributed by atoms with E-state index in [9.17, 15) is 9.59 Å². The Morgan fingerprint density at radius 3 is 2.89 bits per heavy atom. The molecule has 5 nitrogen and oxygen atoms in total. The van der Waals surface area contributed by atoms with Crippen LogP contribution >= 0.6 is 0 Å². The van der Waals surface area contributed by atoms with Crippen molar-refractivity contribution in [3.63, 3.8) is 0 Å². The van der Waals surface area contributed by atoms with Gasteiger partial charge >= 0.3 is 0 Å². The summed E-state index contributed by atoms with van der Waals surface area (Å²) in [5.41, 5.74) is 3.60. The van der Waals surface area contributed by atoms with Crippen LogP contribution in [0.25, 0.3) is 10.9 Å². The van der Waals surface area contributed by atoms with Gasteiger partial charge in [-0.15, -0.1) is 0 Å². The molecule has 1 atom stereocenters. The second kappa shape index (κ2) is 8.59. The summed E-state index contributed by atoms with van der Waals surface area (Å²) >= 11 is 0. The number of fused-ring (bicyclic) bond motifs is 1. The molecule has 2 heterocycles. The minimum absolute atomic E-state index is 0.107. The van der Waals surface area contributed by atoms with Gasteiger partial charge < -0.3 is 14.8 Å². The highest BCUT2D eigenvalue weighted by Crippen LogP contribution is 2.23. The molecule has 1 aromatic heterocycles. The van der Waals surface area contributed by atoms with Gasteiger partial charge in [-0.25, -0.2) is 0 Å². The fourth-order valence-electron chi connectivity index (χ4n) is 3.94. The Morgan fingerprint density at radius 2 is 2.15 bits per heavy atom. The van der Waals surface area contributed by atoms with Crippen molar-refractivity contribution in [2.45, 2.75) is 46.5 Å². The van der Waals surface area contributed by atoms with Gasteiger partial charge in [-0.05, 0) is 44.4 Å². The molecule has 2 amide bonds. The molecule has 1 N–H and O–H groups in total. The maximum absolute atomic E-state index is 12.8. The van der Waals surface area contributed by atoms with Crippen molar-refractivity contribution in [1.29, 1.82) is 0 Å². The molecule has 1 aliphatic rings. The fraction of sp³-hybridized carbons (Fsp3) is 0.545. The molecule has 1 aliphatic heterocycles. The largest absolute Gasteiger partial charge is 0.361 e. The molecule has 0 radical (unpaired) electrons. The van der Waals surface area contributed by atoms with Crippen LogP contribution in [0, 0.1) is 12.8 Å². The number of H-pyrrole nitrogens is 1. The van der Waals surface area contributed by atoms with Crippen LogP contribution in [0.5, 0.6) is 0 Å². The van der Waals surface area contributed by atoms with E-state index in [0.717, 1.165) is 37.9 Å². The molecule has 0 saturated carbocycles. The summed E-state index contributed by atoms with van der Waals surface area (Å²) in [6.45, 7) is 8.98. The first-order chi connectivity index (χ1) is 13.0. The average molecular weight is 370 g/mol. The van der Waals surface area contributed by atoms with E-state index in [2.05, 4.69) is 37.0 Å². The molecule has 1 fully saturated rings. The lowest BCUT2D eigenvalue weighted by Crippen LogP contribution is -2.38. The van der Waals surface area contributed by atoms with E-state index in [0.29, 0.717) is 19.5 Å². The number of aryl methyl sites for hydroxylation is 1. The second-order valence-electron chi connectivity index (χ2n) is 7.63. The van der Waals surface area contributed by atoms with Crippen LogP contribution in [0.15, 0.2) is 24.4 Å². The van der Waals surface area contributed by atoms with Gasteiger partial charge in [0.15, 0.2) is 0 Å². The predicted octanol–water partition coefficient (Wildman–Crippen LogP) is 3.52. The van der Waals surface area contributed by atoms with Gasteiger partial charge in [0.2, 0.25) is 11.8 Å². The van der Waals surface area contributed by atoms with E-state index < -0.39 is 0 Å². The monoisotopic (exact) mass is 369 g/mol. The van der Waals surface area contributed by atoms with Crippen LogP contribution in [0.3, 0.4) is 0 Å². The van der Waals surface area contributed by atoms with Crippen LogP contribution in [0.1, 0.15) is 44.2 Å². The number of benzene rings is 1. The van der Waals surface area contributed by atoms with Crippen molar-refractivity contribution in [3.05, 3.63) is 35.5 Å². The van der Waals surface area contributed by atoms with E-state index in [-0.39, 0.29) is 17.7 Å². The standard InChI is InChI=1S/C22H31N3O2/c1-4-6-10-24(5-2)22(27)18-13-21(26)25(15-18)11-9-17-14-23-20-8-7-16(3)12-19(17)20/h7-8,12,14,18,23H,4-6,9-11,13,15H2,1-3H3. The number of nitrogens with zero attached hydrogens (tertiary/aromatic N) is 2. The molecule has 27 heavy (non-hydrogen) atoms. The molecule has 3 rings (SSSR count). The first-order valence-electron chi connectivity index (χ1n) is 10.2. The summed E-state index contributed by atoms with van der Waals surface area (Å²) in [5, 5.41) is 1.23.